The van der Waals surface area contributed by atoms with Gasteiger partial charge in [0.25, 0.3) is 0 Å². The Labute approximate surface area is 181 Å². The van der Waals surface area contributed by atoms with Gasteiger partial charge in [0.05, 0.1) is 23.1 Å². The molecule has 0 saturated carbocycles. The Balaban J connectivity index is 1.24. The smallest absolute Gasteiger partial charge is 0.220 e. The lowest BCUT2D eigenvalue weighted by Crippen LogP contribution is -2.54. The molecule has 3 heterocycles. The third-order valence-corrected chi connectivity index (χ3v) is 7.16. The van der Waals surface area contributed by atoms with E-state index in [1.807, 2.05) is 24.5 Å². The van der Waals surface area contributed by atoms with Crippen molar-refractivity contribution in [2.45, 2.75) is 18.7 Å². The highest BCUT2D eigenvalue weighted by atomic mass is 32.2. The average Bonchev–Trinajstić information content (AvgIpc) is 3.44. The molecule has 4 rings (SSSR count). The number of nitrogens with one attached hydrogen (secondary N) is 1. The van der Waals surface area contributed by atoms with Crippen molar-refractivity contribution in [1.29, 1.82) is 0 Å². The van der Waals surface area contributed by atoms with Gasteiger partial charge in [0.1, 0.15) is 12.0 Å². The molecule has 31 heavy (non-hydrogen) atoms. The van der Waals surface area contributed by atoms with Gasteiger partial charge < -0.3 is 19.3 Å². The van der Waals surface area contributed by atoms with Crippen LogP contribution in [0.2, 0.25) is 0 Å². The maximum absolute atomic E-state index is 12.6. The molecule has 10 nitrogen and oxygen atoms in total. The van der Waals surface area contributed by atoms with E-state index >= 15 is 0 Å². The molecule has 1 aromatic carbocycles. The molecule has 1 N–H and O–H groups in total. The van der Waals surface area contributed by atoms with E-state index < -0.39 is 10.0 Å². The summed E-state index contributed by atoms with van der Waals surface area (Å²) in [4.78, 5) is 10.9. The van der Waals surface area contributed by atoms with Crippen molar-refractivity contribution in [2.24, 2.45) is 4.99 Å². The Bertz CT molecular complexity index is 1120. The number of rotatable bonds is 7. The lowest BCUT2D eigenvalue weighted by molar-refractivity contribution is 0.259. The number of aromatic nitrogens is 3. The molecular weight excluding hydrogens is 418 g/mol. The Morgan fingerprint density at radius 1 is 1.19 bits per heavy atom. The summed E-state index contributed by atoms with van der Waals surface area (Å²) in [5.74, 6) is 0.656. The molecule has 2 aromatic heterocycles. The van der Waals surface area contributed by atoms with Crippen LogP contribution >= 0.6 is 0 Å². The summed E-state index contributed by atoms with van der Waals surface area (Å²) in [6, 6.07) is 9.67. The van der Waals surface area contributed by atoms with Crippen molar-refractivity contribution in [3.8, 4) is 0 Å². The minimum absolute atomic E-state index is 0.139. The van der Waals surface area contributed by atoms with Crippen molar-refractivity contribution in [3.05, 3.63) is 48.6 Å². The third-order valence-electron chi connectivity index (χ3n) is 5.35. The van der Waals surface area contributed by atoms with Gasteiger partial charge in [-0.2, -0.15) is 4.31 Å². The van der Waals surface area contributed by atoms with E-state index in [-0.39, 0.29) is 5.75 Å². The number of para-hydroxylation sites is 2. The van der Waals surface area contributed by atoms with Crippen molar-refractivity contribution in [3.63, 3.8) is 0 Å². The average molecular weight is 446 g/mol. The highest BCUT2D eigenvalue weighted by Crippen LogP contribution is 2.14. The highest BCUT2D eigenvalue weighted by molar-refractivity contribution is 7.88. The molecule has 1 fully saturated rings. The number of fused-ring (bicyclic) bond motifs is 1. The second kappa shape index (κ2) is 9.48. The molecule has 1 aliphatic rings. The van der Waals surface area contributed by atoms with Gasteiger partial charge in [-0.05, 0) is 18.6 Å². The number of imidazole rings is 1. The van der Waals surface area contributed by atoms with Crippen molar-refractivity contribution in [2.75, 3.05) is 39.8 Å². The minimum Gasteiger partial charge on any atom is -0.364 e. The topological polar surface area (TPSA) is 109 Å². The molecule has 0 radical (unpaired) electrons. The van der Waals surface area contributed by atoms with E-state index in [9.17, 15) is 8.42 Å². The van der Waals surface area contributed by atoms with Gasteiger partial charge in [-0.15, -0.1) is 0 Å². The first kappa shape index (κ1) is 21.3. The number of aliphatic imine (C=N–C) groups is 1. The number of piperazine rings is 1. The van der Waals surface area contributed by atoms with Crippen LogP contribution < -0.4 is 5.32 Å². The van der Waals surface area contributed by atoms with E-state index in [4.69, 9.17) is 4.52 Å². The SMILES string of the molecule is CN=C(NCCCn1cnc2ccccc21)N1CCN(S(=O)(=O)Cc2ccon2)CC1. The third kappa shape index (κ3) is 5.05. The zero-order chi connectivity index (χ0) is 21.7. The van der Waals surface area contributed by atoms with Crippen molar-refractivity contribution >= 4 is 27.0 Å². The molecule has 166 valence electrons. The maximum atomic E-state index is 12.6. The monoisotopic (exact) mass is 445 g/mol. The summed E-state index contributed by atoms with van der Waals surface area (Å²) in [5.41, 5.74) is 2.56. The van der Waals surface area contributed by atoms with Crippen LogP contribution in [-0.4, -0.2) is 78.1 Å². The van der Waals surface area contributed by atoms with Crippen LogP contribution in [0.15, 0.2) is 52.4 Å². The van der Waals surface area contributed by atoms with Crippen molar-refractivity contribution < 1.29 is 12.9 Å². The fourth-order valence-electron chi connectivity index (χ4n) is 3.74. The lowest BCUT2D eigenvalue weighted by atomic mass is 10.3. The van der Waals surface area contributed by atoms with E-state index in [1.165, 1.54) is 10.6 Å². The predicted molar refractivity (Wildman–Crippen MR) is 118 cm³/mol. The first-order valence-corrected chi connectivity index (χ1v) is 11.9. The van der Waals surface area contributed by atoms with Gasteiger partial charge in [0.15, 0.2) is 5.96 Å². The van der Waals surface area contributed by atoms with Gasteiger partial charge in [-0.1, -0.05) is 17.3 Å². The second-order valence-corrected chi connectivity index (χ2v) is 9.36. The summed E-state index contributed by atoms with van der Waals surface area (Å²) in [7, 11) is -1.66. The van der Waals surface area contributed by atoms with Crippen LogP contribution in [0.5, 0.6) is 0 Å². The van der Waals surface area contributed by atoms with E-state index in [2.05, 4.69) is 36.0 Å². The molecule has 3 aromatic rings. The molecule has 11 heteroatoms. The fraction of sp³-hybridized carbons (Fsp3) is 0.450. The second-order valence-electron chi connectivity index (χ2n) is 7.39. The van der Waals surface area contributed by atoms with Crippen LogP contribution in [0.1, 0.15) is 12.1 Å². The molecule has 0 unspecified atom stereocenters. The Kier molecular flexibility index (Phi) is 6.52. The molecular formula is C20H27N7O3S. The van der Waals surface area contributed by atoms with E-state index in [1.54, 1.807) is 13.1 Å². The van der Waals surface area contributed by atoms with Gasteiger partial charge in [-0.3, -0.25) is 4.99 Å². The number of hydrogen-bond acceptors (Lipinski definition) is 6. The number of aryl methyl sites for hydroxylation is 1. The molecule has 0 spiro atoms. The van der Waals surface area contributed by atoms with E-state index in [0.717, 1.165) is 36.5 Å². The van der Waals surface area contributed by atoms with Crippen LogP contribution in [0.4, 0.5) is 0 Å². The largest absolute Gasteiger partial charge is 0.364 e. The summed E-state index contributed by atoms with van der Waals surface area (Å²) < 4.78 is 33.6. The minimum atomic E-state index is -3.41. The molecule has 1 saturated heterocycles. The number of hydrogen-bond donors (Lipinski definition) is 1. The first-order valence-electron chi connectivity index (χ1n) is 10.3. The quantitative estimate of drug-likeness (QED) is 0.330. The molecule has 0 bridgehead atoms. The number of guanidine groups is 1. The van der Waals surface area contributed by atoms with Crippen LogP contribution in [0.3, 0.4) is 0 Å². The zero-order valence-corrected chi connectivity index (χ0v) is 18.3. The van der Waals surface area contributed by atoms with Crippen LogP contribution in [0, 0.1) is 0 Å². The van der Waals surface area contributed by atoms with Gasteiger partial charge in [0, 0.05) is 52.4 Å². The lowest BCUT2D eigenvalue weighted by Gasteiger charge is -2.35. The first-order chi connectivity index (χ1) is 15.1. The zero-order valence-electron chi connectivity index (χ0n) is 17.5. The number of benzene rings is 1. The van der Waals surface area contributed by atoms with Crippen LogP contribution in [-0.2, 0) is 22.3 Å². The summed E-state index contributed by atoms with van der Waals surface area (Å²) >= 11 is 0. The molecule has 0 atom stereocenters. The van der Waals surface area contributed by atoms with Crippen LogP contribution in [0.25, 0.3) is 11.0 Å². The Hall–Kier alpha value is -2.92. The Morgan fingerprint density at radius 3 is 2.74 bits per heavy atom. The normalized spacial score (nSPS) is 16.2. The highest BCUT2D eigenvalue weighted by Gasteiger charge is 2.28. The molecule has 1 aliphatic heterocycles. The standard InChI is InChI=1S/C20H27N7O3S/c1-21-20(22-8-4-9-26-16-23-18-5-2-3-6-19(18)26)25-10-12-27(13-11-25)31(28,29)15-17-7-14-30-24-17/h2-3,5-7,14,16H,4,8-13,15H2,1H3,(H,21,22). The number of sulfonamides is 1. The summed E-state index contributed by atoms with van der Waals surface area (Å²) in [5, 5.41) is 7.10. The summed E-state index contributed by atoms with van der Waals surface area (Å²) in [6.07, 6.45) is 4.18. The fourth-order valence-corrected chi connectivity index (χ4v) is 5.16. The van der Waals surface area contributed by atoms with Gasteiger partial charge in [0.2, 0.25) is 10.0 Å². The van der Waals surface area contributed by atoms with Crippen molar-refractivity contribution in [1.82, 2.24) is 29.2 Å². The summed E-state index contributed by atoms with van der Waals surface area (Å²) in [6.45, 7) is 3.64. The van der Waals surface area contributed by atoms with Gasteiger partial charge >= 0.3 is 0 Å². The molecule has 0 aliphatic carbocycles. The number of nitrogens with zero attached hydrogens (tertiary/aromatic N) is 6. The van der Waals surface area contributed by atoms with Gasteiger partial charge in [-0.25, -0.2) is 13.4 Å². The maximum Gasteiger partial charge on any atom is 0.220 e. The van der Waals surface area contributed by atoms with E-state index in [0.29, 0.717) is 31.9 Å². The Morgan fingerprint density at radius 2 is 2.00 bits per heavy atom. The predicted octanol–water partition coefficient (Wildman–Crippen LogP) is 1.14. The molecule has 0 amide bonds.